The van der Waals surface area contributed by atoms with E-state index in [0.29, 0.717) is 24.5 Å². The van der Waals surface area contributed by atoms with E-state index in [1.807, 2.05) is 13.0 Å². The number of hydrogen-bond donors (Lipinski definition) is 0. The molecule has 0 radical (unpaired) electrons. The van der Waals surface area contributed by atoms with E-state index >= 15 is 0 Å². The predicted octanol–water partition coefficient (Wildman–Crippen LogP) is 2.57. The predicted molar refractivity (Wildman–Crippen MR) is 43.9 cm³/mol. The number of carbonyl (C=O) groups is 1. The van der Waals surface area contributed by atoms with Crippen molar-refractivity contribution in [2.75, 3.05) is 0 Å². The lowest BCUT2D eigenvalue weighted by Gasteiger charge is -2.04. The van der Waals surface area contributed by atoms with Crippen LogP contribution in [0.4, 0.5) is 0 Å². The summed E-state index contributed by atoms with van der Waals surface area (Å²) in [7, 11) is 0. The zero-order chi connectivity index (χ0) is 7.98. The normalized spacial score (nSPS) is 12.6. The highest BCUT2D eigenvalue weighted by atomic mass is 16.1. The average molecular weight is 140 g/mol. The monoisotopic (exact) mass is 140 g/mol. The minimum absolute atomic E-state index is 0.356. The van der Waals surface area contributed by atoms with Crippen LogP contribution in [-0.2, 0) is 4.79 Å². The van der Waals surface area contributed by atoms with Gasteiger partial charge in [-0.25, -0.2) is 0 Å². The van der Waals surface area contributed by atoms with Gasteiger partial charge in [0.1, 0.15) is 5.78 Å². The van der Waals surface area contributed by atoms with E-state index in [-0.39, 0.29) is 0 Å². The molecule has 0 aromatic rings. The Bertz CT molecular complexity index is 116. The molecule has 0 rings (SSSR count). The molecule has 0 heterocycles. The van der Waals surface area contributed by atoms with Crippen LogP contribution < -0.4 is 0 Å². The summed E-state index contributed by atoms with van der Waals surface area (Å²) >= 11 is 0. The molecular weight excluding hydrogens is 124 g/mol. The molecule has 0 aliphatic rings. The zero-order valence-electron chi connectivity index (χ0n) is 6.89. The summed E-state index contributed by atoms with van der Waals surface area (Å²) in [5, 5.41) is 0. The first-order valence-electron chi connectivity index (χ1n) is 3.83. The van der Waals surface area contributed by atoms with Crippen LogP contribution in [0.3, 0.4) is 0 Å². The molecule has 1 unspecified atom stereocenters. The van der Waals surface area contributed by atoms with Gasteiger partial charge >= 0.3 is 0 Å². The highest BCUT2D eigenvalue weighted by Crippen LogP contribution is 2.08. The summed E-state index contributed by atoms with van der Waals surface area (Å²) in [6.07, 6.45) is 4.20. The van der Waals surface area contributed by atoms with E-state index in [4.69, 9.17) is 0 Å². The van der Waals surface area contributed by atoms with Crippen molar-refractivity contribution >= 4 is 5.78 Å². The number of hydrogen-bond acceptors (Lipinski definition) is 1. The van der Waals surface area contributed by atoms with Gasteiger partial charge in [-0.2, -0.15) is 0 Å². The molecule has 0 bridgehead atoms. The molecule has 0 aromatic heterocycles. The van der Waals surface area contributed by atoms with Crippen molar-refractivity contribution in [1.82, 2.24) is 0 Å². The number of rotatable bonds is 5. The Balaban J connectivity index is 3.46. The van der Waals surface area contributed by atoms with Gasteiger partial charge in [-0.1, -0.05) is 19.9 Å². The molecule has 0 saturated heterocycles. The van der Waals surface area contributed by atoms with Crippen molar-refractivity contribution in [3.8, 4) is 0 Å². The minimum atomic E-state index is 0.356. The maximum Gasteiger partial charge on any atom is 0.132 e. The second-order valence-corrected chi connectivity index (χ2v) is 2.73. The van der Waals surface area contributed by atoms with Crippen LogP contribution in [0.1, 0.15) is 33.1 Å². The second-order valence-electron chi connectivity index (χ2n) is 2.73. The van der Waals surface area contributed by atoms with Gasteiger partial charge in [0.25, 0.3) is 0 Å². The number of Topliss-reactive ketones (excluding diaryl/α,β-unsaturated/α-hetero) is 1. The molecule has 1 heteroatoms. The molecular formula is C9H16O. The van der Waals surface area contributed by atoms with Crippen LogP contribution in [-0.4, -0.2) is 5.78 Å². The third-order valence-electron chi connectivity index (χ3n) is 1.54. The molecule has 0 spiro atoms. The Morgan fingerprint density at radius 2 is 2.30 bits per heavy atom. The van der Waals surface area contributed by atoms with E-state index in [2.05, 4.69) is 13.5 Å². The van der Waals surface area contributed by atoms with Gasteiger partial charge in [-0.05, 0) is 12.3 Å². The fourth-order valence-corrected chi connectivity index (χ4v) is 0.901. The Hall–Kier alpha value is -0.590. The average Bonchev–Trinajstić information content (AvgIpc) is 1.88. The fraction of sp³-hybridized carbons (Fsp3) is 0.667. The maximum absolute atomic E-state index is 10.9. The lowest BCUT2D eigenvalue weighted by molar-refractivity contribution is -0.119. The van der Waals surface area contributed by atoms with Crippen molar-refractivity contribution in [1.29, 1.82) is 0 Å². The molecule has 0 aliphatic carbocycles. The van der Waals surface area contributed by atoms with Crippen molar-refractivity contribution < 1.29 is 4.79 Å². The first-order chi connectivity index (χ1) is 4.70. The topological polar surface area (TPSA) is 17.1 Å². The largest absolute Gasteiger partial charge is 0.300 e. The summed E-state index contributed by atoms with van der Waals surface area (Å²) in [6.45, 7) is 7.61. The molecule has 10 heavy (non-hydrogen) atoms. The van der Waals surface area contributed by atoms with Crippen molar-refractivity contribution in [2.24, 2.45) is 5.92 Å². The Labute approximate surface area is 63.1 Å². The van der Waals surface area contributed by atoms with Gasteiger partial charge in [0.2, 0.25) is 0 Å². The summed E-state index contributed by atoms with van der Waals surface area (Å²) < 4.78 is 0. The van der Waals surface area contributed by atoms with Crippen LogP contribution in [0.25, 0.3) is 0 Å². The number of allylic oxidation sites excluding steroid dienone is 1. The number of ketones is 1. The summed E-state index contributed by atoms with van der Waals surface area (Å²) in [5.41, 5.74) is 0. The molecule has 58 valence electrons. The second kappa shape index (κ2) is 5.21. The van der Waals surface area contributed by atoms with Crippen LogP contribution in [0.15, 0.2) is 12.7 Å². The molecule has 1 atom stereocenters. The molecule has 0 fully saturated rings. The third kappa shape index (κ3) is 4.30. The summed E-state index contributed by atoms with van der Waals surface area (Å²) in [5.74, 6) is 0.833. The SMILES string of the molecule is C=CCC(C)CC(=O)CC. The van der Waals surface area contributed by atoms with E-state index in [9.17, 15) is 4.79 Å². The first kappa shape index (κ1) is 9.41. The molecule has 0 aliphatic heterocycles. The fourth-order valence-electron chi connectivity index (χ4n) is 0.901. The number of carbonyl (C=O) groups excluding carboxylic acids is 1. The standard InChI is InChI=1S/C9H16O/c1-4-6-8(3)7-9(10)5-2/h4,8H,1,5-7H2,2-3H3. The molecule has 0 aromatic carbocycles. The van der Waals surface area contributed by atoms with Gasteiger partial charge in [-0.15, -0.1) is 6.58 Å². The molecule has 0 saturated carbocycles. The lowest BCUT2D eigenvalue weighted by Crippen LogP contribution is -2.02. The highest BCUT2D eigenvalue weighted by Gasteiger charge is 2.04. The molecule has 0 N–H and O–H groups in total. The Kier molecular flexibility index (Phi) is 4.91. The van der Waals surface area contributed by atoms with E-state index < -0.39 is 0 Å². The van der Waals surface area contributed by atoms with E-state index in [1.54, 1.807) is 0 Å². The van der Waals surface area contributed by atoms with Gasteiger partial charge in [0.15, 0.2) is 0 Å². The summed E-state index contributed by atoms with van der Waals surface area (Å²) in [4.78, 5) is 10.9. The van der Waals surface area contributed by atoms with Crippen molar-refractivity contribution in [3.63, 3.8) is 0 Å². The third-order valence-corrected chi connectivity index (χ3v) is 1.54. The first-order valence-corrected chi connectivity index (χ1v) is 3.83. The Morgan fingerprint density at radius 1 is 1.70 bits per heavy atom. The van der Waals surface area contributed by atoms with E-state index in [0.717, 1.165) is 6.42 Å². The lowest BCUT2D eigenvalue weighted by atomic mass is 10.0. The van der Waals surface area contributed by atoms with Crippen molar-refractivity contribution in [3.05, 3.63) is 12.7 Å². The summed E-state index contributed by atoms with van der Waals surface area (Å²) in [6, 6.07) is 0. The van der Waals surface area contributed by atoms with Gasteiger partial charge in [-0.3, -0.25) is 4.79 Å². The smallest absolute Gasteiger partial charge is 0.132 e. The van der Waals surface area contributed by atoms with Crippen molar-refractivity contribution in [2.45, 2.75) is 33.1 Å². The van der Waals surface area contributed by atoms with Gasteiger partial charge in [0, 0.05) is 12.8 Å². The zero-order valence-corrected chi connectivity index (χ0v) is 6.89. The van der Waals surface area contributed by atoms with Crippen LogP contribution in [0.5, 0.6) is 0 Å². The highest BCUT2D eigenvalue weighted by molar-refractivity contribution is 5.78. The minimum Gasteiger partial charge on any atom is -0.300 e. The van der Waals surface area contributed by atoms with Crippen LogP contribution in [0.2, 0.25) is 0 Å². The van der Waals surface area contributed by atoms with Gasteiger partial charge in [0.05, 0.1) is 0 Å². The van der Waals surface area contributed by atoms with Crippen LogP contribution in [0, 0.1) is 5.92 Å². The quantitative estimate of drug-likeness (QED) is 0.536. The van der Waals surface area contributed by atoms with E-state index in [1.165, 1.54) is 0 Å². The maximum atomic E-state index is 10.9. The van der Waals surface area contributed by atoms with Crippen LogP contribution >= 0.6 is 0 Å². The molecule has 0 amide bonds. The van der Waals surface area contributed by atoms with Gasteiger partial charge < -0.3 is 0 Å². The Morgan fingerprint density at radius 3 is 2.70 bits per heavy atom. The molecule has 1 nitrogen and oxygen atoms in total.